The predicted octanol–water partition coefficient (Wildman–Crippen LogP) is 28.0. The van der Waals surface area contributed by atoms with Crippen LogP contribution < -0.4 is 0 Å². The van der Waals surface area contributed by atoms with Gasteiger partial charge < -0.3 is 9.13 Å². The molecular weight excluding hydrogens is 1160 g/mol. The second kappa shape index (κ2) is 23.7. The van der Waals surface area contributed by atoms with Crippen molar-refractivity contribution in [2.75, 3.05) is 0 Å². The van der Waals surface area contributed by atoms with Gasteiger partial charge in [0, 0.05) is 56.7 Å². The van der Waals surface area contributed by atoms with E-state index in [1.807, 2.05) is 0 Å². The summed E-state index contributed by atoms with van der Waals surface area (Å²) < 4.78 is 5.28. The first-order chi connectivity index (χ1) is 46.8. The average Bonchev–Trinajstić information content (AvgIpc) is 1.20. The zero-order valence-electron chi connectivity index (χ0n) is 57.6. The first-order valence-electron chi connectivity index (χ1n) is 36.3. The number of rotatable bonds is 18. The molecule has 0 atom stereocenters. The van der Waals surface area contributed by atoms with E-state index in [0.717, 1.165) is 13.1 Å². The minimum Gasteiger partial charge on any atom is -0.340 e. The molecule has 474 valence electrons. The number of hydrogen-bond acceptors (Lipinski definition) is 0. The summed E-state index contributed by atoms with van der Waals surface area (Å²) in [7, 11) is 0. The molecule has 0 aliphatic rings. The molecule has 0 radical (unpaired) electrons. The molecule has 0 amide bonds. The Labute approximate surface area is 565 Å². The predicted molar refractivity (Wildman–Crippen MR) is 421 cm³/mol. The molecule has 0 aliphatic heterocycles. The van der Waals surface area contributed by atoms with Gasteiger partial charge in [0.25, 0.3) is 0 Å². The fourth-order valence-electron chi connectivity index (χ4n) is 17.1. The van der Waals surface area contributed by atoms with Crippen LogP contribution in [-0.2, 0) is 23.9 Å². The highest BCUT2D eigenvalue weighted by Crippen LogP contribution is 2.49. The summed E-state index contributed by atoms with van der Waals surface area (Å²) in [4.78, 5) is 0. The SMILES string of the molecule is CCCCCCCCn1c2ccc(-c3cc4ccc5cc(C(C)(C)C)cc6ccc(c3)c4c56)cc2c2cc(-c3c4ccccc4c(-c4ccc5c(c4)c4cc(-c6cc7ccc8cc(C(C)(C)C)cc9ccc(c6)c7c89)ccc4n5CCCCCCCC)c4ccccc34)ccc21. The van der Waals surface area contributed by atoms with Crippen molar-refractivity contribution >= 4 is 130 Å². The molecule has 2 aromatic heterocycles. The Morgan fingerprint density at radius 2 is 0.500 bits per heavy atom. The van der Waals surface area contributed by atoms with Crippen molar-refractivity contribution in [1.29, 1.82) is 0 Å². The van der Waals surface area contributed by atoms with E-state index in [1.165, 1.54) is 262 Å². The Morgan fingerprint density at radius 1 is 0.240 bits per heavy atom. The minimum absolute atomic E-state index is 0.0791. The molecular formula is C94H88N2. The Bertz CT molecular complexity index is 5330. The summed E-state index contributed by atoms with van der Waals surface area (Å²) in [5.41, 5.74) is 18.3. The van der Waals surface area contributed by atoms with E-state index in [9.17, 15) is 0 Å². The van der Waals surface area contributed by atoms with E-state index in [1.54, 1.807) is 0 Å². The van der Waals surface area contributed by atoms with Crippen LogP contribution in [0, 0.1) is 0 Å². The highest BCUT2D eigenvalue weighted by molar-refractivity contribution is 6.27. The lowest BCUT2D eigenvalue weighted by Gasteiger charge is -2.21. The zero-order valence-corrected chi connectivity index (χ0v) is 57.6. The number of fused-ring (bicyclic) bond motifs is 8. The van der Waals surface area contributed by atoms with E-state index in [4.69, 9.17) is 0 Å². The Kier molecular flexibility index (Phi) is 14.9. The van der Waals surface area contributed by atoms with Gasteiger partial charge in [0.05, 0.1) is 0 Å². The topological polar surface area (TPSA) is 9.86 Å². The molecule has 2 heteroatoms. The Hall–Kier alpha value is -9.50. The molecule has 0 fully saturated rings. The van der Waals surface area contributed by atoms with Crippen molar-refractivity contribution in [1.82, 2.24) is 9.13 Å². The van der Waals surface area contributed by atoms with Crippen molar-refractivity contribution in [3.8, 4) is 44.5 Å². The molecule has 0 saturated heterocycles. The first kappa shape index (κ1) is 60.2. The third kappa shape index (κ3) is 10.2. The van der Waals surface area contributed by atoms with Gasteiger partial charge in [-0.15, -0.1) is 0 Å². The fourth-order valence-corrected chi connectivity index (χ4v) is 17.1. The van der Waals surface area contributed by atoms with Gasteiger partial charge in [-0.25, -0.2) is 0 Å². The van der Waals surface area contributed by atoms with Crippen LogP contribution in [0.3, 0.4) is 0 Å². The Balaban J connectivity index is 0.800. The normalized spacial score (nSPS) is 12.8. The number of aryl methyl sites for hydroxylation is 2. The third-order valence-corrected chi connectivity index (χ3v) is 22.2. The first-order valence-corrected chi connectivity index (χ1v) is 36.3. The van der Waals surface area contributed by atoms with Gasteiger partial charge in [0.2, 0.25) is 0 Å². The van der Waals surface area contributed by atoms with Crippen molar-refractivity contribution in [2.24, 2.45) is 0 Å². The summed E-state index contributed by atoms with van der Waals surface area (Å²) >= 11 is 0. The largest absolute Gasteiger partial charge is 0.340 e. The minimum atomic E-state index is 0.0791. The Morgan fingerprint density at radius 3 is 0.792 bits per heavy atom. The molecule has 96 heavy (non-hydrogen) atoms. The van der Waals surface area contributed by atoms with Gasteiger partial charge in [-0.1, -0.05) is 265 Å². The van der Waals surface area contributed by atoms with Crippen molar-refractivity contribution in [3.05, 3.63) is 230 Å². The van der Waals surface area contributed by atoms with Crippen LogP contribution in [0.4, 0.5) is 0 Å². The van der Waals surface area contributed by atoms with Crippen molar-refractivity contribution < 1.29 is 0 Å². The maximum absolute atomic E-state index is 2.64. The van der Waals surface area contributed by atoms with Crippen LogP contribution in [0.1, 0.15) is 144 Å². The van der Waals surface area contributed by atoms with Crippen molar-refractivity contribution in [3.63, 3.8) is 0 Å². The molecule has 0 saturated carbocycles. The summed E-state index contributed by atoms with van der Waals surface area (Å²) in [5, 5.41) is 26.4. The highest BCUT2D eigenvalue weighted by atomic mass is 15.0. The van der Waals surface area contributed by atoms with Crippen LogP contribution >= 0.6 is 0 Å². The average molecular weight is 1250 g/mol. The molecule has 2 nitrogen and oxygen atoms in total. The van der Waals surface area contributed by atoms with Crippen LogP contribution in [-0.4, -0.2) is 9.13 Å². The number of aromatic nitrogens is 2. The lowest BCUT2D eigenvalue weighted by atomic mass is 9.83. The van der Waals surface area contributed by atoms with Crippen LogP contribution in [0.15, 0.2) is 218 Å². The number of unbranched alkanes of at least 4 members (excludes halogenated alkanes) is 10. The molecule has 15 aromatic carbocycles. The van der Waals surface area contributed by atoms with Gasteiger partial charge in [-0.05, 0) is 238 Å². The smallest absolute Gasteiger partial charge is 0.0491 e. The van der Waals surface area contributed by atoms with E-state index in [-0.39, 0.29) is 10.8 Å². The van der Waals surface area contributed by atoms with E-state index in [0.29, 0.717) is 0 Å². The van der Waals surface area contributed by atoms with Crippen LogP contribution in [0.2, 0.25) is 0 Å². The van der Waals surface area contributed by atoms with Gasteiger partial charge in [0.15, 0.2) is 0 Å². The van der Waals surface area contributed by atoms with Gasteiger partial charge in [-0.2, -0.15) is 0 Å². The van der Waals surface area contributed by atoms with Crippen LogP contribution in [0.5, 0.6) is 0 Å². The quantitative estimate of drug-likeness (QED) is 0.0460. The van der Waals surface area contributed by atoms with Gasteiger partial charge >= 0.3 is 0 Å². The van der Waals surface area contributed by atoms with E-state index >= 15 is 0 Å². The van der Waals surface area contributed by atoms with Gasteiger partial charge in [-0.3, -0.25) is 0 Å². The molecule has 0 bridgehead atoms. The summed E-state index contributed by atoms with van der Waals surface area (Å²) in [6.07, 6.45) is 15.2. The number of benzene rings is 15. The van der Waals surface area contributed by atoms with Gasteiger partial charge in [0.1, 0.15) is 0 Å². The summed E-state index contributed by atoms with van der Waals surface area (Å²) in [6.45, 7) is 20.6. The number of hydrogen-bond donors (Lipinski definition) is 0. The molecule has 0 unspecified atom stereocenters. The molecule has 0 spiro atoms. The molecule has 2 heterocycles. The standard InChI is InChI=1S/C94H88N2/c1-9-11-13-15-17-23-45-95-83-41-37-59(71-47-61-29-33-65-51-73(93(3,4)5)52-66-34-30-62(48-71)87(61)89(65)66)55-79(83)81-57-69(39-43-85(81)95)91-75-25-19-21-27-77(75)92(78-28-22-20-26-76(78)91)70-40-44-86-82(58-70)80-56-60(38-42-84(80)96(86)46-24-18-16-14-12-10-2)72-49-63-31-35-67-53-74(94(6,7)8)54-68-36-32-64(50-72)88(63)90(67)68/h19-22,25-44,47-58H,9-18,23-24,45-46H2,1-8H3. The number of nitrogens with zero attached hydrogens (tertiary/aromatic N) is 2. The summed E-state index contributed by atoms with van der Waals surface area (Å²) in [6, 6.07) is 86.4. The monoisotopic (exact) mass is 1240 g/mol. The van der Waals surface area contributed by atoms with Crippen LogP contribution in [0.25, 0.3) is 174 Å². The maximum atomic E-state index is 2.64. The summed E-state index contributed by atoms with van der Waals surface area (Å²) in [5.74, 6) is 0. The maximum Gasteiger partial charge on any atom is 0.0491 e. The highest BCUT2D eigenvalue weighted by Gasteiger charge is 2.24. The van der Waals surface area contributed by atoms with Crippen molar-refractivity contribution in [2.45, 2.75) is 156 Å². The zero-order chi connectivity index (χ0) is 65.1. The van der Waals surface area contributed by atoms with E-state index < -0.39 is 0 Å². The molecule has 0 N–H and O–H groups in total. The fraction of sp³-hybridized carbons (Fsp3) is 0.255. The second-order valence-electron chi connectivity index (χ2n) is 30.6. The lowest BCUT2D eigenvalue weighted by molar-refractivity contribution is 0.571. The van der Waals surface area contributed by atoms with E-state index in [2.05, 4.69) is 283 Å². The third-order valence-electron chi connectivity index (χ3n) is 22.2. The second-order valence-corrected chi connectivity index (χ2v) is 30.6. The molecule has 17 aromatic rings. The molecule has 17 rings (SSSR count). The molecule has 0 aliphatic carbocycles. The lowest BCUT2D eigenvalue weighted by Crippen LogP contribution is -2.10.